The molecule has 2 nitrogen and oxygen atoms in total. The van der Waals surface area contributed by atoms with Crippen molar-refractivity contribution in [1.82, 2.24) is 0 Å². The second-order valence-electron chi connectivity index (χ2n) is 6.16. The van der Waals surface area contributed by atoms with Crippen molar-refractivity contribution in [3.8, 4) is 0 Å². The zero-order chi connectivity index (χ0) is 14.3. The largest absolute Gasteiger partial charge is 0.454 e. The molecule has 0 spiro atoms. The van der Waals surface area contributed by atoms with Crippen molar-refractivity contribution < 1.29 is 13.9 Å². The summed E-state index contributed by atoms with van der Waals surface area (Å²) in [7, 11) is 0. The fourth-order valence-electron chi connectivity index (χ4n) is 2.36. The third kappa shape index (κ3) is 2.51. The van der Waals surface area contributed by atoms with E-state index in [1.54, 1.807) is 6.07 Å². The molecule has 1 unspecified atom stereocenters. The average Bonchev–Trinajstić information content (AvgIpc) is 2.67. The van der Waals surface area contributed by atoms with Gasteiger partial charge in [0, 0.05) is 5.56 Å². The quantitative estimate of drug-likeness (QED) is 0.772. The Hall–Kier alpha value is -1.38. The minimum Gasteiger partial charge on any atom is -0.454 e. The lowest BCUT2D eigenvalue weighted by molar-refractivity contribution is -0.170. The van der Waals surface area contributed by atoms with Crippen molar-refractivity contribution in [2.24, 2.45) is 5.41 Å². The first-order valence-electron chi connectivity index (χ1n) is 6.81. The zero-order valence-electron chi connectivity index (χ0n) is 12.0. The predicted octanol–water partition coefficient (Wildman–Crippen LogP) is 3.97. The Morgan fingerprint density at radius 2 is 2.16 bits per heavy atom. The summed E-state index contributed by atoms with van der Waals surface area (Å²) in [5.74, 6) is -0.493. The van der Waals surface area contributed by atoms with Gasteiger partial charge < -0.3 is 4.74 Å². The maximum absolute atomic E-state index is 13.4. The van der Waals surface area contributed by atoms with Crippen LogP contribution < -0.4 is 0 Å². The van der Waals surface area contributed by atoms with E-state index in [0.29, 0.717) is 0 Å². The smallest absolute Gasteiger partial charge is 0.312 e. The Labute approximate surface area is 114 Å². The van der Waals surface area contributed by atoms with Crippen LogP contribution in [0, 0.1) is 11.2 Å². The van der Waals surface area contributed by atoms with Crippen LogP contribution >= 0.6 is 0 Å². The molecule has 0 amide bonds. The Bertz CT molecular complexity index is 507. The van der Waals surface area contributed by atoms with Gasteiger partial charge in [-0.25, -0.2) is 4.39 Å². The van der Waals surface area contributed by atoms with Crippen LogP contribution in [0.4, 0.5) is 4.39 Å². The van der Waals surface area contributed by atoms with E-state index in [-0.39, 0.29) is 11.8 Å². The number of esters is 1. The number of carbonyl (C=O) groups is 1. The van der Waals surface area contributed by atoms with Gasteiger partial charge in [-0.05, 0) is 57.7 Å². The molecular formula is C16H21FO2. The van der Waals surface area contributed by atoms with Crippen molar-refractivity contribution in [3.05, 3.63) is 35.1 Å². The molecule has 1 aliphatic carbocycles. The highest BCUT2D eigenvalue weighted by Gasteiger charge is 2.41. The highest BCUT2D eigenvalue weighted by Crippen LogP contribution is 2.41. The maximum atomic E-state index is 13.4. The molecule has 0 radical (unpaired) electrons. The van der Waals surface area contributed by atoms with E-state index in [4.69, 9.17) is 4.74 Å². The molecule has 0 saturated carbocycles. The number of rotatable bonds is 3. The molecule has 0 aromatic heterocycles. The van der Waals surface area contributed by atoms with Gasteiger partial charge in [0.1, 0.15) is 11.4 Å². The minimum absolute atomic E-state index is 0.213. The van der Waals surface area contributed by atoms with Gasteiger partial charge in [0.15, 0.2) is 0 Å². The minimum atomic E-state index is -0.693. The van der Waals surface area contributed by atoms with Crippen LogP contribution in [0.25, 0.3) is 0 Å². The Morgan fingerprint density at radius 1 is 1.47 bits per heavy atom. The molecule has 0 N–H and O–H groups in total. The lowest BCUT2D eigenvalue weighted by Crippen LogP contribution is -2.34. The molecule has 19 heavy (non-hydrogen) atoms. The van der Waals surface area contributed by atoms with E-state index in [0.717, 1.165) is 30.4 Å². The van der Waals surface area contributed by atoms with E-state index in [9.17, 15) is 9.18 Å². The average molecular weight is 264 g/mol. The fourth-order valence-corrected chi connectivity index (χ4v) is 2.36. The maximum Gasteiger partial charge on any atom is 0.312 e. The van der Waals surface area contributed by atoms with Crippen molar-refractivity contribution >= 4 is 5.97 Å². The summed E-state index contributed by atoms with van der Waals surface area (Å²) in [5.41, 5.74) is 0.693. The van der Waals surface area contributed by atoms with Crippen molar-refractivity contribution in [3.63, 3.8) is 0 Å². The predicted molar refractivity (Wildman–Crippen MR) is 72.2 cm³/mol. The van der Waals surface area contributed by atoms with Gasteiger partial charge >= 0.3 is 5.97 Å². The molecule has 0 heterocycles. The molecule has 0 aliphatic heterocycles. The Balaban J connectivity index is 2.28. The van der Waals surface area contributed by atoms with E-state index < -0.39 is 11.0 Å². The summed E-state index contributed by atoms with van der Waals surface area (Å²) in [4.78, 5) is 12.2. The highest BCUT2D eigenvalue weighted by atomic mass is 19.1. The number of fused-ring (bicyclic) bond motifs is 1. The summed E-state index contributed by atoms with van der Waals surface area (Å²) in [6.45, 7) is 7.59. The zero-order valence-corrected chi connectivity index (χ0v) is 12.0. The van der Waals surface area contributed by atoms with Crippen LogP contribution in [-0.4, -0.2) is 5.97 Å². The van der Waals surface area contributed by atoms with Crippen LogP contribution in [-0.2, 0) is 21.6 Å². The van der Waals surface area contributed by atoms with E-state index in [1.807, 2.05) is 27.7 Å². The topological polar surface area (TPSA) is 26.3 Å². The molecular weight excluding hydrogens is 243 g/mol. The molecule has 0 fully saturated rings. The Kier molecular flexibility index (Phi) is 3.41. The molecule has 1 aromatic rings. The lowest BCUT2D eigenvalue weighted by Gasteiger charge is -2.31. The van der Waals surface area contributed by atoms with Gasteiger partial charge in [-0.1, -0.05) is 13.0 Å². The summed E-state index contributed by atoms with van der Waals surface area (Å²) in [6.07, 6.45) is 2.27. The first kappa shape index (κ1) is 14.0. The molecule has 104 valence electrons. The van der Waals surface area contributed by atoms with Gasteiger partial charge in [-0.3, -0.25) is 4.79 Å². The SMILES string of the molecule is CCC(C)(C)C(=O)OC1(C)CCc2ccc(F)cc21. The first-order valence-corrected chi connectivity index (χ1v) is 6.81. The number of ether oxygens (including phenoxy) is 1. The van der Waals surface area contributed by atoms with Crippen LogP contribution in [0.5, 0.6) is 0 Å². The molecule has 1 atom stereocenters. The summed E-state index contributed by atoms with van der Waals surface area (Å²) < 4.78 is 19.1. The molecule has 0 saturated heterocycles. The van der Waals surface area contributed by atoms with E-state index >= 15 is 0 Å². The van der Waals surface area contributed by atoms with Crippen LogP contribution in [0.3, 0.4) is 0 Å². The van der Waals surface area contributed by atoms with Crippen molar-refractivity contribution in [2.75, 3.05) is 0 Å². The van der Waals surface area contributed by atoms with Gasteiger partial charge in [-0.15, -0.1) is 0 Å². The van der Waals surface area contributed by atoms with Crippen LogP contribution in [0.2, 0.25) is 0 Å². The first-order chi connectivity index (χ1) is 8.78. The van der Waals surface area contributed by atoms with Crippen molar-refractivity contribution in [2.45, 2.75) is 52.6 Å². The van der Waals surface area contributed by atoms with Crippen LogP contribution in [0.15, 0.2) is 18.2 Å². The fraction of sp³-hybridized carbons (Fsp3) is 0.562. The van der Waals surface area contributed by atoms with Gasteiger partial charge in [0.05, 0.1) is 5.41 Å². The third-order valence-electron chi connectivity index (χ3n) is 4.27. The summed E-state index contributed by atoms with van der Waals surface area (Å²) >= 11 is 0. The molecule has 1 aliphatic rings. The molecule has 0 bridgehead atoms. The lowest BCUT2D eigenvalue weighted by atomic mass is 9.89. The normalized spacial score (nSPS) is 22.2. The van der Waals surface area contributed by atoms with E-state index in [1.165, 1.54) is 12.1 Å². The monoisotopic (exact) mass is 264 g/mol. The summed E-state index contributed by atoms with van der Waals surface area (Å²) in [5, 5.41) is 0. The standard InChI is InChI=1S/C16H21FO2/c1-5-15(2,3)14(18)19-16(4)9-8-11-6-7-12(17)10-13(11)16/h6-7,10H,5,8-9H2,1-4H3. The third-order valence-corrected chi connectivity index (χ3v) is 4.27. The molecule has 2 rings (SSSR count). The van der Waals surface area contributed by atoms with E-state index in [2.05, 4.69) is 0 Å². The Morgan fingerprint density at radius 3 is 2.79 bits per heavy atom. The number of hydrogen-bond donors (Lipinski definition) is 0. The highest BCUT2D eigenvalue weighted by molar-refractivity contribution is 5.76. The summed E-state index contributed by atoms with van der Waals surface area (Å²) in [6, 6.07) is 4.74. The number of hydrogen-bond acceptors (Lipinski definition) is 2. The van der Waals surface area contributed by atoms with Crippen LogP contribution in [0.1, 0.15) is 51.7 Å². The number of carbonyl (C=O) groups excluding carboxylic acids is 1. The van der Waals surface area contributed by atoms with Gasteiger partial charge in [-0.2, -0.15) is 0 Å². The second kappa shape index (κ2) is 4.62. The number of halogens is 1. The van der Waals surface area contributed by atoms with Gasteiger partial charge in [0.25, 0.3) is 0 Å². The number of benzene rings is 1. The molecule has 3 heteroatoms. The second-order valence-corrected chi connectivity index (χ2v) is 6.16. The number of aryl methyl sites for hydroxylation is 1. The molecule has 1 aromatic carbocycles. The van der Waals surface area contributed by atoms with Gasteiger partial charge in [0.2, 0.25) is 0 Å². The van der Waals surface area contributed by atoms with Crippen molar-refractivity contribution in [1.29, 1.82) is 0 Å².